The molecule has 0 aromatic carbocycles. The van der Waals surface area contributed by atoms with Gasteiger partial charge in [-0.2, -0.15) is 4.98 Å². The monoisotopic (exact) mass is 334 g/mol. The van der Waals surface area contributed by atoms with Crippen LogP contribution in [0.15, 0.2) is 24.8 Å². The Morgan fingerprint density at radius 2 is 2.00 bits per heavy atom. The van der Waals surface area contributed by atoms with Gasteiger partial charge in [-0.3, -0.25) is 0 Å². The first kappa shape index (κ1) is 20.3. The van der Waals surface area contributed by atoms with Crippen molar-refractivity contribution in [1.29, 1.82) is 0 Å². The smallest absolute Gasteiger partial charge is 0.217 e. The molecule has 1 aromatic rings. The zero-order chi connectivity index (χ0) is 17.8. The Morgan fingerprint density at radius 1 is 1.29 bits per heavy atom. The summed E-state index contributed by atoms with van der Waals surface area (Å²) in [5.41, 5.74) is 7.05. The van der Waals surface area contributed by atoms with Crippen LogP contribution in [0.25, 0.3) is 0 Å². The van der Waals surface area contributed by atoms with E-state index in [1.54, 1.807) is 0 Å². The molecule has 3 N–H and O–H groups in total. The van der Waals surface area contributed by atoms with Crippen molar-refractivity contribution < 1.29 is 4.74 Å². The van der Waals surface area contributed by atoms with Crippen molar-refractivity contribution in [1.82, 2.24) is 10.3 Å². The number of ether oxygens (including phenoxy) is 1. The maximum atomic E-state index is 5.96. The largest absolute Gasteiger partial charge is 0.476 e. The minimum atomic E-state index is 0.458. The van der Waals surface area contributed by atoms with Gasteiger partial charge in [0.25, 0.3) is 0 Å². The molecule has 5 heteroatoms. The number of rotatable bonds is 13. The van der Waals surface area contributed by atoms with Gasteiger partial charge in [0.1, 0.15) is 12.4 Å². The van der Waals surface area contributed by atoms with Gasteiger partial charge in [-0.05, 0) is 25.7 Å². The van der Waals surface area contributed by atoms with E-state index in [1.165, 1.54) is 0 Å². The first-order valence-electron chi connectivity index (χ1n) is 9.14. The molecule has 0 spiro atoms. The van der Waals surface area contributed by atoms with E-state index in [0.717, 1.165) is 51.0 Å². The Kier molecular flexibility index (Phi) is 9.92. The number of nitrogen functional groups attached to an aromatic ring is 1. The van der Waals surface area contributed by atoms with Gasteiger partial charge in [0, 0.05) is 43.5 Å². The van der Waals surface area contributed by atoms with Crippen LogP contribution in [0.1, 0.15) is 46.5 Å². The zero-order valence-corrected chi connectivity index (χ0v) is 15.6. The quantitative estimate of drug-likeness (QED) is 0.426. The molecule has 24 heavy (non-hydrogen) atoms. The van der Waals surface area contributed by atoms with E-state index in [2.05, 4.69) is 42.6 Å². The van der Waals surface area contributed by atoms with Crippen LogP contribution < -0.4 is 20.7 Å². The number of aromatic nitrogens is 1. The molecular weight excluding hydrogens is 300 g/mol. The van der Waals surface area contributed by atoms with Crippen LogP contribution >= 0.6 is 0 Å². The predicted molar refractivity (Wildman–Crippen MR) is 104 cm³/mol. The molecule has 0 fully saturated rings. The molecule has 0 aliphatic carbocycles. The molecule has 1 unspecified atom stereocenters. The number of hydrogen-bond acceptors (Lipinski definition) is 5. The summed E-state index contributed by atoms with van der Waals surface area (Å²) in [6.07, 6.45) is 6.20. The van der Waals surface area contributed by atoms with Crippen LogP contribution in [0.2, 0.25) is 0 Å². The highest BCUT2D eigenvalue weighted by Crippen LogP contribution is 2.23. The maximum absolute atomic E-state index is 5.96. The van der Waals surface area contributed by atoms with E-state index in [1.807, 2.05) is 18.2 Å². The Labute approximate surface area is 147 Å². The first-order valence-corrected chi connectivity index (χ1v) is 9.14. The zero-order valence-electron chi connectivity index (χ0n) is 15.6. The number of nitrogens with two attached hydrogens (primary N) is 1. The second-order valence-electron chi connectivity index (χ2n) is 6.01. The molecule has 0 saturated heterocycles. The lowest BCUT2D eigenvalue weighted by Crippen LogP contribution is -2.31. The first-order chi connectivity index (χ1) is 11.6. The van der Waals surface area contributed by atoms with Gasteiger partial charge in [0.15, 0.2) is 0 Å². The molecule has 0 saturated carbocycles. The summed E-state index contributed by atoms with van der Waals surface area (Å²) in [4.78, 5) is 6.63. The average molecular weight is 335 g/mol. The van der Waals surface area contributed by atoms with Crippen LogP contribution in [0.3, 0.4) is 0 Å². The predicted octanol–water partition coefficient (Wildman–Crippen LogP) is 3.61. The SMILES string of the molecule is C=CCC(CC)NCCOc1cc(N(CCC)CCC)cc(N)n1. The van der Waals surface area contributed by atoms with Crippen LogP contribution in [-0.4, -0.2) is 37.3 Å². The molecule has 1 heterocycles. The lowest BCUT2D eigenvalue weighted by molar-refractivity contribution is 0.294. The number of anilines is 2. The molecule has 0 amide bonds. The van der Waals surface area contributed by atoms with E-state index in [9.17, 15) is 0 Å². The summed E-state index contributed by atoms with van der Waals surface area (Å²) < 4.78 is 5.80. The molecule has 0 aliphatic rings. The minimum Gasteiger partial charge on any atom is -0.476 e. The molecule has 0 radical (unpaired) electrons. The summed E-state index contributed by atoms with van der Waals surface area (Å²) in [5, 5.41) is 3.47. The Hall–Kier alpha value is -1.75. The fraction of sp³-hybridized carbons (Fsp3) is 0.632. The molecule has 1 rings (SSSR count). The number of nitrogens with one attached hydrogen (secondary N) is 1. The van der Waals surface area contributed by atoms with Crippen LogP contribution in [0.4, 0.5) is 11.5 Å². The van der Waals surface area contributed by atoms with Gasteiger partial charge < -0.3 is 20.7 Å². The van der Waals surface area contributed by atoms with Gasteiger partial charge in [0.05, 0.1) is 0 Å². The van der Waals surface area contributed by atoms with Crippen molar-refractivity contribution in [3.63, 3.8) is 0 Å². The Balaban J connectivity index is 2.60. The molecule has 5 nitrogen and oxygen atoms in total. The Morgan fingerprint density at radius 3 is 2.58 bits per heavy atom. The number of nitrogens with zero attached hydrogens (tertiary/aromatic N) is 2. The third-order valence-electron chi connectivity index (χ3n) is 3.89. The topological polar surface area (TPSA) is 63.4 Å². The van der Waals surface area contributed by atoms with Crippen molar-refractivity contribution in [2.45, 2.75) is 52.5 Å². The van der Waals surface area contributed by atoms with Gasteiger partial charge in [-0.1, -0.05) is 26.8 Å². The van der Waals surface area contributed by atoms with E-state index in [-0.39, 0.29) is 0 Å². The molecular formula is C19H34N4O. The highest BCUT2D eigenvalue weighted by atomic mass is 16.5. The second-order valence-corrected chi connectivity index (χ2v) is 6.01. The minimum absolute atomic E-state index is 0.458. The van der Waals surface area contributed by atoms with Crippen molar-refractivity contribution in [2.24, 2.45) is 0 Å². The summed E-state index contributed by atoms with van der Waals surface area (Å²) in [6.45, 7) is 13.7. The fourth-order valence-corrected chi connectivity index (χ4v) is 2.69. The van der Waals surface area contributed by atoms with E-state index < -0.39 is 0 Å². The molecule has 1 aromatic heterocycles. The summed E-state index contributed by atoms with van der Waals surface area (Å²) in [5.74, 6) is 1.10. The third kappa shape index (κ3) is 7.21. The second kappa shape index (κ2) is 11.7. The van der Waals surface area contributed by atoms with Crippen molar-refractivity contribution in [3.8, 4) is 5.88 Å². The van der Waals surface area contributed by atoms with Crippen LogP contribution in [0, 0.1) is 0 Å². The molecule has 1 atom stereocenters. The summed E-state index contributed by atoms with van der Waals surface area (Å²) in [6, 6.07) is 4.37. The summed E-state index contributed by atoms with van der Waals surface area (Å²) in [7, 11) is 0. The van der Waals surface area contributed by atoms with Gasteiger partial charge in [-0.25, -0.2) is 0 Å². The molecule has 0 aliphatic heterocycles. The highest BCUT2D eigenvalue weighted by molar-refractivity contribution is 5.55. The van der Waals surface area contributed by atoms with E-state index in [4.69, 9.17) is 10.5 Å². The van der Waals surface area contributed by atoms with Crippen molar-refractivity contribution in [3.05, 3.63) is 24.8 Å². The van der Waals surface area contributed by atoms with Gasteiger partial charge in [-0.15, -0.1) is 6.58 Å². The van der Waals surface area contributed by atoms with Gasteiger partial charge >= 0.3 is 0 Å². The fourth-order valence-electron chi connectivity index (χ4n) is 2.69. The normalized spacial score (nSPS) is 12.0. The Bertz CT molecular complexity index is 472. The average Bonchev–Trinajstić information content (AvgIpc) is 2.57. The summed E-state index contributed by atoms with van der Waals surface area (Å²) >= 11 is 0. The number of pyridine rings is 1. The lowest BCUT2D eigenvalue weighted by Gasteiger charge is -2.24. The van der Waals surface area contributed by atoms with Gasteiger partial charge in [0.2, 0.25) is 5.88 Å². The van der Waals surface area contributed by atoms with Crippen molar-refractivity contribution >= 4 is 11.5 Å². The maximum Gasteiger partial charge on any atom is 0.217 e. The van der Waals surface area contributed by atoms with Crippen LogP contribution in [-0.2, 0) is 0 Å². The van der Waals surface area contributed by atoms with E-state index in [0.29, 0.717) is 24.3 Å². The highest BCUT2D eigenvalue weighted by Gasteiger charge is 2.09. The number of hydrogen-bond donors (Lipinski definition) is 2. The van der Waals surface area contributed by atoms with Crippen molar-refractivity contribution in [2.75, 3.05) is 36.9 Å². The third-order valence-corrected chi connectivity index (χ3v) is 3.89. The van der Waals surface area contributed by atoms with E-state index >= 15 is 0 Å². The lowest BCUT2D eigenvalue weighted by atomic mass is 10.1. The van der Waals surface area contributed by atoms with Crippen LogP contribution in [0.5, 0.6) is 5.88 Å². The molecule has 0 bridgehead atoms. The standard InChI is InChI=1S/C19H34N4O/c1-5-9-16(8-4)21-10-13-24-19-15-17(14-18(20)22-19)23(11-6-2)12-7-3/h5,14-16,21H,1,6-13H2,2-4H3,(H2,20,22). The molecule has 136 valence electrons.